The van der Waals surface area contributed by atoms with Gasteiger partial charge < -0.3 is 10.5 Å². The molecule has 0 unspecified atom stereocenters. The van der Waals surface area contributed by atoms with Crippen LogP contribution in [-0.4, -0.2) is 26.0 Å². The quantitative estimate of drug-likeness (QED) is 0.809. The van der Waals surface area contributed by atoms with Crippen LogP contribution in [0.25, 0.3) is 0 Å². The van der Waals surface area contributed by atoms with Gasteiger partial charge in [0.15, 0.2) is 0 Å². The van der Waals surface area contributed by atoms with E-state index in [2.05, 4.69) is 9.71 Å². The van der Waals surface area contributed by atoms with Gasteiger partial charge >= 0.3 is 5.97 Å². The molecule has 0 atom stereocenters. The van der Waals surface area contributed by atoms with Crippen molar-refractivity contribution in [3.05, 3.63) is 35.3 Å². The van der Waals surface area contributed by atoms with Crippen LogP contribution in [0, 0.1) is 0 Å². The van der Waals surface area contributed by atoms with E-state index >= 15 is 0 Å². The summed E-state index contributed by atoms with van der Waals surface area (Å²) in [4.78, 5) is 15.4. The molecule has 0 radical (unpaired) electrons. The summed E-state index contributed by atoms with van der Waals surface area (Å²) in [6.45, 7) is 1.89. The van der Waals surface area contributed by atoms with Gasteiger partial charge in [0.05, 0.1) is 12.2 Å². The molecule has 0 spiro atoms. The number of nitrogens with zero attached hydrogens (tertiary/aromatic N) is 1. The molecule has 0 saturated heterocycles. The van der Waals surface area contributed by atoms with E-state index in [1.807, 2.05) is 0 Å². The smallest absolute Gasteiger partial charge is 0.341 e. The van der Waals surface area contributed by atoms with Crippen molar-refractivity contribution in [1.82, 2.24) is 4.98 Å². The Kier molecular flexibility index (Phi) is 4.43. The minimum atomic E-state index is -3.84. The molecule has 2 aromatic heterocycles. The highest BCUT2D eigenvalue weighted by Crippen LogP contribution is 2.26. The maximum Gasteiger partial charge on any atom is 0.341 e. The molecule has 2 heterocycles. The molecule has 3 N–H and O–H groups in total. The van der Waals surface area contributed by atoms with Crippen LogP contribution in [0.3, 0.4) is 0 Å². The third-order valence-electron chi connectivity index (χ3n) is 2.46. The van der Waals surface area contributed by atoms with Crippen LogP contribution in [0.4, 0.5) is 10.8 Å². The molecule has 7 nitrogen and oxygen atoms in total. The minimum absolute atomic E-state index is 0.0418. The summed E-state index contributed by atoms with van der Waals surface area (Å²) in [5, 5.41) is 1.80. The number of nitrogens with one attached hydrogen (secondary N) is 1. The Bertz CT molecular complexity index is 738. The van der Waals surface area contributed by atoms with Crippen molar-refractivity contribution in [3.63, 3.8) is 0 Å². The maximum atomic E-state index is 12.2. The van der Waals surface area contributed by atoms with Crippen LogP contribution >= 0.6 is 11.3 Å². The van der Waals surface area contributed by atoms with E-state index in [1.165, 1.54) is 18.2 Å². The molecular weight excluding hydrogens is 314 g/mol. The predicted octanol–water partition coefficient (Wildman–Crippen LogP) is 1.70. The summed E-state index contributed by atoms with van der Waals surface area (Å²) in [5.74, 6) is -0.357. The van der Waals surface area contributed by atoms with Gasteiger partial charge in [0.1, 0.15) is 15.7 Å². The van der Waals surface area contributed by atoms with Crippen molar-refractivity contribution in [2.24, 2.45) is 0 Å². The van der Waals surface area contributed by atoms with Crippen molar-refractivity contribution < 1.29 is 17.9 Å². The van der Waals surface area contributed by atoms with Crippen LogP contribution in [0.15, 0.2) is 34.7 Å². The number of carbonyl (C=O) groups excluding carboxylic acids is 1. The highest BCUT2D eigenvalue weighted by Gasteiger charge is 2.20. The number of anilines is 2. The fourth-order valence-corrected chi connectivity index (χ4v) is 3.54. The second-order valence-electron chi connectivity index (χ2n) is 3.91. The number of pyridine rings is 1. The third-order valence-corrected chi connectivity index (χ3v) is 4.75. The molecule has 0 fully saturated rings. The SMILES string of the molecule is CCOC(=O)c1ccsc1NS(=O)(=O)c1ccc(N)nc1. The number of nitrogens with two attached hydrogens (primary N) is 1. The number of aromatic nitrogens is 1. The predicted molar refractivity (Wildman–Crippen MR) is 79.7 cm³/mol. The topological polar surface area (TPSA) is 111 Å². The van der Waals surface area contributed by atoms with Crippen LogP contribution in [0.5, 0.6) is 0 Å². The first-order chi connectivity index (χ1) is 9.94. The lowest BCUT2D eigenvalue weighted by molar-refractivity contribution is 0.0528. The zero-order chi connectivity index (χ0) is 15.5. The van der Waals surface area contributed by atoms with Gasteiger partial charge in [-0.15, -0.1) is 11.3 Å². The van der Waals surface area contributed by atoms with E-state index in [9.17, 15) is 13.2 Å². The molecule has 0 amide bonds. The van der Waals surface area contributed by atoms with Gasteiger partial charge in [-0.3, -0.25) is 4.72 Å². The van der Waals surface area contributed by atoms with Crippen LogP contribution in [0.2, 0.25) is 0 Å². The number of nitrogen functional groups attached to an aromatic ring is 1. The van der Waals surface area contributed by atoms with Crippen molar-refractivity contribution in [1.29, 1.82) is 0 Å². The first-order valence-electron chi connectivity index (χ1n) is 5.93. The Morgan fingerprint density at radius 1 is 1.43 bits per heavy atom. The number of hydrogen-bond acceptors (Lipinski definition) is 7. The summed E-state index contributed by atoms with van der Waals surface area (Å²) in [6.07, 6.45) is 1.15. The number of sulfonamides is 1. The Labute approximate surface area is 125 Å². The lowest BCUT2D eigenvalue weighted by Crippen LogP contribution is -2.15. The van der Waals surface area contributed by atoms with Gasteiger partial charge in [0.25, 0.3) is 10.0 Å². The molecule has 0 aliphatic rings. The maximum absolute atomic E-state index is 12.2. The first kappa shape index (κ1) is 15.3. The van der Waals surface area contributed by atoms with E-state index in [-0.39, 0.29) is 27.9 Å². The zero-order valence-electron chi connectivity index (χ0n) is 11.1. The Balaban J connectivity index is 2.27. The van der Waals surface area contributed by atoms with Crippen molar-refractivity contribution in [2.45, 2.75) is 11.8 Å². The fourth-order valence-electron chi connectivity index (χ4n) is 1.49. The molecule has 2 aromatic rings. The highest BCUT2D eigenvalue weighted by atomic mass is 32.2. The first-order valence-corrected chi connectivity index (χ1v) is 8.29. The van der Waals surface area contributed by atoms with E-state index in [1.54, 1.807) is 12.3 Å². The highest BCUT2D eigenvalue weighted by molar-refractivity contribution is 7.93. The molecule has 0 aliphatic heterocycles. The van der Waals surface area contributed by atoms with E-state index in [0.29, 0.717) is 0 Å². The Morgan fingerprint density at radius 2 is 2.19 bits per heavy atom. The van der Waals surface area contributed by atoms with Crippen LogP contribution in [-0.2, 0) is 14.8 Å². The van der Waals surface area contributed by atoms with Gasteiger partial charge in [0.2, 0.25) is 0 Å². The second-order valence-corrected chi connectivity index (χ2v) is 6.51. The molecule has 9 heteroatoms. The lowest BCUT2D eigenvalue weighted by atomic mass is 10.3. The van der Waals surface area contributed by atoms with Gasteiger partial charge in [-0.1, -0.05) is 0 Å². The Hall–Kier alpha value is -2.13. The van der Waals surface area contributed by atoms with Crippen LogP contribution < -0.4 is 10.5 Å². The average Bonchev–Trinajstić information content (AvgIpc) is 2.87. The van der Waals surface area contributed by atoms with Gasteiger partial charge in [-0.25, -0.2) is 18.2 Å². The van der Waals surface area contributed by atoms with Gasteiger partial charge in [-0.2, -0.15) is 0 Å². The van der Waals surface area contributed by atoms with Crippen molar-refractivity contribution >= 4 is 38.1 Å². The number of esters is 1. The number of hydrogen-bond donors (Lipinski definition) is 2. The summed E-state index contributed by atoms with van der Waals surface area (Å²) >= 11 is 1.09. The number of carbonyl (C=O) groups is 1. The van der Waals surface area contributed by atoms with E-state index in [4.69, 9.17) is 10.5 Å². The number of ether oxygens (including phenoxy) is 1. The standard InChI is InChI=1S/C12H13N3O4S2/c1-2-19-12(16)9-5-6-20-11(9)15-21(17,18)8-3-4-10(13)14-7-8/h3-7,15H,2H2,1H3,(H2,13,14). The molecule has 0 saturated carbocycles. The Morgan fingerprint density at radius 3 is 2.81 bits per heavy atom. The van der Waals surface area contributed by atoms with Gasteiger partial charge in [-0.05, 0) is 30.5 Å². The molecular formula is C12H13N3O4S2. The number of thiophene rings is 1. The normalized spacial score (nSPS) is 11.1. The largest absolute Gasteiger partial charge is 0.462 e. The monoisotopic (exact) mass is 327 g/mol. The summed E-state index contributed by atoms with van der Waals surface area (Å²) in [7, 11) is -3.84. The zero-order valence-corrected chi connectivity index (χ0v) is 12.7. The van der Waals surface area contributed by atoms with Gasteiger partial charge in [0, 0.05) is 6.20 Å². The lowest BCUT2D eigenvalue weighted by Gasteiger charge is -2.08. The summed E-state index contributed by atoms with van der Waals surface area (Å²) < 4.78 is 31.6. The molecule has 2 rings (SSSR count). The molecule has 0 aromatic carbocycles. The fraction of sp³-hybridized carbons (Fsp3) is 0.167. The van der Waals surface area contributed by atoms with E-state index in [0.717, 1.165) is 17.5 Å². The second kappa shape index (κ2) is 6.10. The molecule has 112 valence electrons. The average molecular weight is 327 g/mol. The van der Waals surface area contributed by atoms with Crippen molar-refractivity contribution in [3.8, 4) is 0 Å². The molecule has 0 bridgehead atoms. The van der Waals surface area contributed by atoms with Crippen molar-refractivity contribution in [2.75, 3.05) is 17.1 Å². The minimum Gasteiger partial charge on any atom is -0.462 e. The number of rotatable bonds is 5. The third kappa shape index (κ3) is 3.50. The van der Waals surface area contributed by atoms with Crippen LogP contribution in [0.1, 0.15) is 17.3 Å². The van der Waals surface area contributed by atoms with E-state index < -0.39 is 16.0 Å². The summed E-state index contributed by atoms with van der Waals surface area (Å²) in [5.41, 5.74) is 5.59. The summed E-state index contributed by atoms with van der Waals surface area (Å²) in [6, 6.07) is 4.22. The molecule has 21 heavy (non-hydrogen) atoms. The molecule has 0 aliphatic carbocycles.